The van der Waals surface area contributed by atoms with Gasteiger partial charge in [0.1, 0.15) is 0 Å². The molecule has 2 rings (SSSR count). The highest BCUT2D eigenvalue weighted by atomic mass is 32.2. The molecule has 0 spiro atoms. The maximum absolute atomic E-state index is 11.8. The molecule has 2 aromatic rings. The topological polar surface area (TPSA) is 110 Å². The van der Waals surface area contributed by atoms with Gasteiger partial charge in [0.05, 0.1) is 12.9 Å². The molecule has 0 amide bonds. The zero-order valence-corrected chi connectivity index (χ0v) is 11.0. The first-order valence-corrected chi connectivity index (χ1v) is 7.10. The summed E-state index contributed by atoms with van der Waals surface area (Å²) in [6.45, 7) is 0. The molecular weight excluding hydrogens is 270 g/mol. The van der Waals surface area contributed by atoms with Crippen molar-refractivity contribution in [1.82, 2.24) is 20.2 Å². The quantitative estimate of drug-likeness (QED) is 0.783. The van der Waals surface area contributed by atoms with E-state index in [9.17, 15) is 8.42 Å². The second-order valence-electron chi connectivity index (χ2n) is 3.70. The summed E-state index contributed by atoms with van der Waals surface area (Å²) in [7, 11) is -2.09. The molecule has 2 aromatic heterocycles. The lowest BCUT2D eigenvalue weighted by Gasteiger charge is -2.04. The smallest absolute Gasteiger partial charge is 0.336 e. The zero-order valence-electron chi connectivity index (χ0n) is 10.2. The Labute approximate surface area is 110 Å². The maximum Gasteiger partial charge on any atom is 0.336 e. The van der Waals surface area contributed by atoms with Crippen molar-refractivity contribution in [3.8, 4) is 6.01 Å². The third kappa shape index (κ3) is 3.91. The average molecular weight is 283 g/mol. The monoisotopic (exact) mass is 283 g/mol. The summed E-state index contributed by atoms with van der Waals surface area (Å²) in [4.78, 5) is 7.65. The lowest BCUT2D eigenvalue weighted by Crippen LogP contribution is -2.19. The van der Waals surface area contributed by atoms with Crippen molar-refractivity contribution in [2.75, 3.05) is 17.6 Å². The Morgan fingerprint density at radius 1 is 1.37 bits per heavy atom. The molecule has 102 valence electrons. The summed E-state index contributed by atoms with van der Waals surface area (Å²) in [6, 6.07) is 3.62. The van der Waals surface area contributed by atoms with Crippen molar-refractivity contribution in [2.45, 2.75) is 6.42 Å². The van der Waals surface area contributed by atoms with E-state index in [1.54, 1.807) is 24.5 Å². The third-order valence-electron chi connectivity index (χ3n) is 2.31. The van der Waals surface area contributed by atoms with E-state index in [4.69, 9.17) is 4.74 Å². The molecule has 0 aliphatic carbocycles. The number of aromatic nitrogens is 4. The Morgan fingerprint density at radius 2 is 2.11 bits per heavy atom. The number of methoxy groups -OCH3 is 1. The molecule has 0 unspecified atom stereocenters. The molecule has 2 heterocycles. The number of nitrogens with one attached hydrogen (secondary N) is 2. The van der Waals surface area contributed by atoms with Crippen LogP contribution in [0.4, 0.5) is 5.95 Å². The summed E-state index contributed by atoms with van der Waals surface area (Å²) >= 11 is 0. The molecule has 0 atom stereocenters. The Morgan fingerprint density at radius 3 is 2.74 bits per heavy atom. The van der Waals surface area contributed by atoms with Crippen LogP contribution in [-0.4, -0.2) is 41.4 Å². The minimum absolute atomic E-state index is 0.0339. The fraction of sp³-hybridized carbons (Fsp3) is 0.300. The number of rotatable bonds is 6. The summed E-state index contributed by atoms with van der Waals surface area (Å²) in [5, 5.41) is 6.07. The summed E-state index contributed by atoms with van der Waals surface area (Å²) in [5.41, 5.74) is 0.899. The number of sulfonamides is 1. The first kappa shape index (κ1) is 13.3. The van der Waals surface area contributed by atoms with E-state index in [1.807, 2.05) is 0 Å². The van der Waals surface area contributed by atoms with E-state index in [2.05, 4.69) is 24.9 Å². The van der Waals surface area contributed by atoms with Crippen LogP contribution in [-0.2, 0) is 16.4 Å². The van der Waals surface area contributed by atoms with Crippen molar-refractivity contribution in [3.05, 3.63) is 30.1 Å². The molecule has 0 radical (unpaired) electrons. The largest absolute Gasteiger partial charge is 0.466 e. The number of hydrogen-bond donors (Lipinski definition) is 2. The van der Waals surface area contributed by atoms with Gasteiger partial charge in [0.2, 0.25) is 16.0 Å². The fourth-order valence-electron chi connectivity index (χ4n) is 1.38. The highest BCUT2D eigenvalue weighted by Crippen LogP contribution is 2.08. The van der Waals surface area contributed by atoms with Crippen molar-refractivity contribution in [1.29, 1.82) is 0 Å². The van der Waals surface area contributed by atoms with Crippen LogP contribution in [0.25, 0.3) is 0 Å². The van der Waals surface area contributed by atoms with Crippen LogP contribution < -0.4 is 9.46 Å². The Balaban J connectivity index is 1.95. The summed E-state index contributed by atoms with van der Waals surface area (Å²) in [5.74, 6) is -0.0217. The molecule has 0 saturated heterocycles. The van der Waals surface area contributed by atoms with Crippen LogP contribution in [0.3, 0.4) is 0 Å². The fourth-order valence-corrected chi connectivity index (χ4v) is 2.38. The maximum atomic E-state index is 11.8. The Bertz CT molecular complexity index is 626. The summed E-state index contributed by atoms with van der Waals surface area (Å²) < 4.78 is 30.7. The van der Waals surface area contributed by atoms with Crippen molar-refractivity contribution in [3.63, 3.8) is 0 Å². The Hall–Kier alpha value is -2.16. The van der Waals surface area contributed by atoms with Gasteiger partial charge in [-0.05, 0) is 24.1 Å². The molecule has 0 aromatic carbocycles. The van der Waals surface area contributed by atoms with E-state index in [0.29, 0.717) is 6.42 Å². The lowest BCUT2D eigenvalue weighted by atomic mass is 10.2. The van der Waals surface area contributed by atoms with Crippen molar-refractivity contribution >= 4 is 16.0 Å². The third-order valence-corrected chi connectivity index (χ3v) is 3.55. The first-order valence-electron chi connectivity index (χ1n) is 5.45. The number of pyridine rings is 1. The zero-order chi connectivity index (χ0) is 13.7. The number of ether oxygens (including phenoxy) is 1. The van der Waals surface area contributed by atoms with E-state index in [0.717, 1.165) is 5.56 Å². The van der Waals surface area contributed by atoms with Crippen molar-refractivity contribution < 1.29 is 13.2 Å². The molecule has 8 nitrogen and oxygen atoms in total. The van der Waals surface area contributed by atoms with Gasteiger partial charge in [-0.25, -0.2) is 13.5 Å². The van der Waals surface area contributed by atoms with Gasteiger partial charge < -0.3 is 4.74 Å². The number of nitrogens with zero attached hydrogens (tertiary/aromatic N) is 3. The molecule has 0 saturated carbocycles. The highest BCUT2D eigenvalue weighted by molar-refractivity contribution is 7.92. The van der Waals surface area contributed by atoms with Gasteiger partial charge in [-0.1, -0.05) is 0 Å². The van der Waals surface area contributed by atoms with Crippen molar-refractivity contribution in [2.24, 2.45) is 0 Å². The average Bonchev–Trinajstić information content (AvgIpc) is 2.85. The van der Waals surface area contributed by atoms with Gasteiger partial charge in [-0.15, -0.1) is 5.10 Å². The molecule has 2 N–H and O–H groups in total. The van der Waals surface area contributed by atoms with Crippen LogP contribution in [0.5, 0.6) is 6.01 Å². The van der Waals surface area contributed by atoms with E-state index >= 15 is 0 Å². The second kappa shape index (κ2) is 5.65. The molecule has 19 heavy (non-hydrogen) atoms. The van der Waals surface area contributed by atoms with Gasteiger partial charge >= 0.3 is 6.01 Å². The lowest BCUT2D eigenvalue weighted by molar-refractivity contribution is 0.382. The molecule has 9 heteroatoms. The number of hydrogen-bond acceptors (Lipinski definition) is 6. The number of aromatic amines is 1. The van der Waals surface area contributed by atoms with Gasteiger partial charge in [0.15, 0.2) is 0 Å². The van der Waals surface area contributed by atoms with Crippen LogP contribution >= 0.6 is 0 Å². The molecule has 0 fully saturated rings. The van der Waals surface area contributed by atoms with E-state index in [-0.39, 0.29) is 17.7 Å². The first-order chi connectivity index (χ1) is 9.09. The predicted molar refractivity (Wildman–Crippen MR) is 68.3 cm³/mol. The number of anilines is 1. The van der Waals surface area contributed by atoms with E-state index in [1.165, 1.54) is 7.11 Å². The Kier molecular flexibility index (Phi) is 3.95. The SMILES string of the molecule is COc1n[nH]c(NS(=O)(=O)CCc2ccncc2)n1. The van der Waals surface area contributed by atoms with E-state index < -0.39 is 10.0 Å². The standard InChI is InChI=1S/C10H13N5O3S/c1-18-10-12-9(13-14-10)15-19(16,17)7-4-8-2-5-11-6-3-8/h2-3,5-6H,4,7H2,1H3,(H2,12,13,14,15). The van der Waals surface area contributed by atoms with Crippen LogP contribution in [0, 0.1) is 0 Å². The minimum atomic E-state index is -3.49. The van der Waals surface area contributed by atoms with Crippen LogP contribution in [0.2, 0.25) is 0 Å². The van der Waals surface area contributed by atoms with Gasteiger partial charge in [-0.2, -0.15) is 4.98 Å². The van der Waals surface area contributed by atoms with Crippen LogP contribution in [0.1, 0.15) is 5.56 Å². The highest BCUT2D eigenvalue weighted by Gasteiger charge is 2.13. The second-order valence-corrected chi connectivity index (χ2v) is 5.54. The molecular formula is C10H13N5O3S. The number of aryl methyl sites for hydroxylation is 1. The van der Waals surface area contributed by atoms with Gasteiger partial charge in [-0.3, -0.25) is 9.71 Å². The summed E-state index contributed by atoms with van der Waals surface area (Å²) in [6.07, 6.45) is 3.64. The van der Waals surface area contributed by atoms with Crippen LogP contribution in [0.15, 0.2) is 24.5 Å². The minimum Gasteiger partial charge on any atom is -0.466 e. The molecule has 0 aliphatic rings. The number of H-pyrrole nitrogens is 1. The molecule has 0 bridgehead atoms. The van der Waals surface area contributed by atoms with Gasteiger partial charge in [0, 0.05) is 12.4 Å². The predicted octanol–water partition coefficient (Wildman–Crippen LogP) is 0.193. The normalized spacial score (nSPS) is 11.2. The van der Waals surface area contributed by atoms with Gasteiger partial charge in [0.25, 0.3) is 0 Å². The molecule has 0 aliphatic heterocycles.